The van der Waals surface area contributed by atoms with Crippen LogP contribution in [-0.4, -0.2) is 55.3 Å². The first-order valence-corrected chi connectivity index (χ1v) is 10.6. The molecule has 0 saturated carbocycles. The predicted octanol–water partition coefficient (Wildman–Crippen LogP) is 1.70. The molecular formula is C18H28N4O2S2. The fraction of sp³-hybridized carbons (Fsp3) is 0.667. The van der Waals surface area contributed by atoms with E-state index in [0.717, 1.165) is 63.5 Å². The Kier molecular flexibility index (Phi) is 7.24. The lowest BCUT2D eigenvalue weighted by atomic mass is 9.90. The van der Waals surface area contributed by atoms with E-state index in [-0.39, 0.29) is 5.91 Å². The third-order valence-electron chi connectivity index (χ3n) is 4.88. The Hall–Kier alpha value is -1.22. The first kappa shape index (κ1) is 19.5. The minimum atomic E-state index is -0.116. The molecule has 1 aromatic heterocycles. The topological polar surface area (TPSA) is 65.6 Å². The van der Waals surface area contributed by atoms with Crippen molar-refractivity contribution in [1.82, 2.24) is 21.1 Å². The molecule has 1 atom stereocenters. The van der Waals surface area contributed by atoms with Gasteiger partial charge in [0.25, 0.3) is 5.91 Å². The number of hydrazine groups is 1. The molecule has 8 heteroatoms. The number of thiophene rings is 1. The molecule has 6 nitrogen and oxygen atoms in total. The molecule has 1 aliphatic heterocycles. The first-order chi connectivity index (χ1) is 12.6. The Morgan fingerprint density at radius 1 is 1.38 bits per heavy atom. The lowest BCUT2D eigenvalue weighted by molar-refractivity contribution is 0.0376. The van der Waals surface area contributed by atoms with Crippen LogP contribution in [0, 0.1) is 5.92 Å². The summed E-state index contributed by atoms with van der Waals surface area (Å²) in [5.41, 5.74) is 6.84. The van der Waals surface area contributed by atoms with Crippen LogP contribution in [0.1, 0.15) is 39.9 Å². The van der Waals surface area contributed by atoms with Crippen molar-refractivity contribution in [3.8, 4) is 0 Å². The highest BCUT2D eigenvalue weighted by atomic mass is 32.1. The van der Waals surface area contributed by atoms with Gasteiger partial charge in [0, 0.05) is 24.5 Å². The molecular weight excluding hydrogens is 368 g/mol. The second-order valence-corrected chi connectivity index (χ2v) is 8.59. The molecule has 144 valence electrons. The van der Waals surface area contributed by atoms with E-state index in [1.165, 1.54) is 16.9 Å². The second kappa shape index (κ2) is 9.64. The Balaban J connectivity index is 1.33. The van der Waals surface area contributed by atoms with E-state index in [9.17, 15) is 4.79 Å². The van der Waals surface area contributed by atoms with Crippen molar-refractivity contribution in [3.63, 3.8) is 0 Å². The maximum Gasteiger partial charge on any atom is 0.279 e. The van der Waals surface area contributed by atoms with E-state index in [0.29, 0.717) is 11.0 Å². The largest absolute Gasteiger partial charge is 0.379 e. The van der Waals surface area contributed by atoms with E-state index in [1.807, 2.05) is 6.07 Å². The van der Waals surface area contributed by atoms with Crippen LogP contribution in [0.25, 0.3) is 0 Å². The maximum absolute atomic E-state index is 12.3. The van der Waals surface area contributed by atoms with Crippen LogP contribution in [0.5, 0.6) is 0 Å². The minimum Gasteiger partial charge on any atom is -0.379 e. The fourth-order valence-corrected chi connectivity index (χ4v) is 4.62. The number of carbonyl (C=O) groups is 1. The normalized spacial score (nSPS) is 20.3. The lowest BCUT2D eigenvalue weighted by Gasteiger charge is -2.26. The zero-order valence-corrected chi connectivity index (χ0v) is 16.9. The van der Waals surface area contributed by atoms with Gasteiger partial charge in [0.2, 0.25) is 0 Å². The number of hydrogen-bond donors (Lipinski definition) is 3. The third kappa shape index (κ3) is 5.64. The van der Waals surface area contributed by atoms with Gasteiger partial charge in [0.15, 0.2) is 5.11 Å². The molecule has 1 aromatic rings. The molecule has 3 rings (SSSR count). The number of nitrogens with one attached hydrogen (secondary N) is 3. The summed E-state index contributed by atoms with van der Waals surface area (Å²) in [6.45, 7) is 7.74. The fourth-order valence-electron chi connectivity index (χ4n) is 3.37. The Labute approximate surface area is 164 Å². The highest BCUT2D eigenvalue weighted by Gasteiger charge is 2.20. The molecule has 0 aromatic carbocycles. The zero-order chi connectivity index (χ0) is 18.4. The van der Waals surface area contributed by atoms with Crippen molar-refractivity contribution >= 4 is 34.6 Å². The maximum atomic E-state index is 12.3. The average Bonchev–Trinajstić information content (AvgIpc) is 3.07. The van der Waals surface area contributed by atoms with Crippen molar-refractivity contribution in [2.24, 2.45) is 5.92 Å². The minimum absolute atomic E-state index is 0.116. The molecule has 0 spiro atoms. The van der Waals surface area contributed by atoms with E-state index in [1.54, 1.807) is 11.3 Å². The molecule has 0 bridgehead atoms. The van der Waals surface area contributed by atoms with Gasteiger partial charge in [0.1, 0.15) is 0 Å². The monoisotopic (exact) mass is 396 g/mol. The van der Waals surface area contributed by atoms with Gasteiger partial charge in [-0.2, -0.15) is 0 Å². The highest BCUT2D eigenvalue weighted by Crippen LogP contribution is 2.32. The van der Waals surface area contributed by atoms with Crippen molar-refractivity contribution in [3.05, 3.63) is 21.4 Å². The Morgan fingerprint density at radius 3 is 3.00 bits per heavy atom. The molecule has 1 aliphatic carbocycles. The van der Waals surface area contributed by atoms with Gasteiger partial charge in [-0.1, -0.05) is 6.92 Å². The van der Waals surface area contributed by atoms with Gasteiger partial charge in [-0.3, -0.25) is 20.5 Å². The van der Waals surface area contributed by atoms with E-state index in [2.05, 4.69) is 28.0 Å². The van der Waals surface area contributed by atoms with Crippen LogP contribution in [0.15, 0.2) is 6.07 Å². The van der Waals surface area contributed by atoms with Crippen LogP contribution >= 0.6 is 23.6 Å². The number of carbonyl (C=O) groups excluding carboxylic acids is 1. The third-order valence-corrected chi connectivity index (χ3v) is 6.37. The van der Waals surface area contributed by atoms with Gasteiger partial charge in [-0.05, 0) is 62.0 Å². The second-order valence-electron chi connectivity index (χ2n) is 7.05. The van der Waals surface area contributed by atoms with Crippen molar-refractivity contribution in [1.29, 1.82) is 0 Å². The van der Waals surface area contributed by atoms with Crippen LogP contribution in [0.2, 0.25) is 0 Å². The number of thiocarbonyl (C=S) groups is 1. The number of nitrogens with zero attached hydrogens (tertiary/aromatic N) is 1. The summed E-state index contributed by atoms with van der Waals surface area (Å²) in [5, 5.41) is 3.59. The summed E-state index contributed by atoms with van der Waals surface area (Å²) in [5.74, 6) is 0.592. The van der Waals surface area contributed by atoms with E-state index < -0.39 is 0 Å². The van der Waals surface area contributed by atoms with Crippen LogP contribution in [-0.2, 0) is 17.6 Å². The molecule has 0 radical (unpaired) electrons. The predicted molar refractivity (Wildman–Crippen MR) is 109 cm³/mol. The molecule has 1 fully saturated rings. The van der Waals surface area contributed by atoms with E-state index in [4.69, 9.17) is 17.0 Å². The molecule has 3 N–H and O–H groups in total. The molecule has 2 aliphatic rings. The summed E-state index contributed by atoms with van der Waals surface area (Å²) in [4.78, 5) is 16.8. The van der Waals surface area contributed by atoms with Crippen molar-refractivity contribution in [2.45, 2.75) is 32.6 Å². The first-order valence-electron chi connectivity index (χ1n) is 9.37. The lowest BCUT2D eigenvalue weighted by Crippen LogP contribution is -2.47. The number of hydrogen-bond acceptors (Lipinski definition) is 5. The van der Waals surface area contributed by atoms with Crippen LogP contribution in [0.3, 0.4) is 0 Å². The standard InChI is InChI=1S/C18H28N4O2S2/c1-13-3-4-15-14(11-13)12-16(26-15)17(23)20-21-18(25)19-5-2-6-22-7-9-24-10-8-22/h12-13H,2-11H2,1H3,(H,20,23)(H2,19,21,25)/t13-/m0/s1. The number of rotatable bonds is 5. The van der Waals surface area contributed by atoms with Gasteiger partial charge in [0.05, 0.1) is 18.1 Å². The van der Waals surface area contributed by atoms with Gasteiger partial charge < -0.3 is 10.1 Å². The van der Waals surface area contributed by atoms with Gasteiger partial charge >= 0.3 is 0 Å². The molecule has 1 saturated heterocycles. The summed E-state index contributed by atoms with van der Waals surface area (Å²) >= 11 is 6.83. The van der Waals surface area contributed by atoms with Crippen molar-refractivity contribution in [2.75, 3.05) is 39.4 Å². The molecule has 1 amide bonds. The number of morpholine rings is 1. The zero-order valence-electron chi connectivity index (χ0n) is 15.3. The molecule has 26 heavy (non-hydrogen) atoms. The summed E-state index contributed by atoms with van der Waals surface area (Å²) < 4.78 is 5.34. The smallest absolute Gasteiger partial charge is 0.279 e. The highest BCUT2D eigenvalue weighted by molar-refractivity contribution is 7.80. The van der Waals surface area contributed by atoms with Crippen LogP contribution in [0.4, 0.5) is 0 Å². The number of fused-ring (bicyclic) bond motifs is 1. The van der Waals surface area contributed by atoms with Crippen LogP contribution < -0.4 is 16.2 Å². The SMILES string of the molecule is C[C@H]1CCc2sc(C(=O)NNC(=S)NCCCN3CCOCC3)cc2C1. The van der Waals surface area contributed by atoms with Crippen molar-refractivity contribution < 1.29 is 9.53 Å². The average molecular weight is 397 g/mol. The summed E-state index contributed by atoms with van der Waals surface area (Å²) in [6.07, 6.45) is 4.39. The Bertz CT molecular complexity index is 629. The number of ether oxygens (including phenoxy) is 1. The quantitative estimate of drug-likeness (QED) is 0.400. The summed E-state index contributed by atoms with van der Waals surface area (Å²) in [7, 11) is 0. The number of aryl methyl sites for hydroxylation is 1. The molecule has 0 unspecified atom stereocenters. The number of amides is 1. The summed E-state index contributed by atoms with van der Waals surface area (Å²) in [6, 6.07) is 2.03. The van der Waals surface area contributed by atoms with Gasteiger partial charge in [-0.15, -0.1) is 11.3 Å². The van der Waals surface area contributed by atoms with E-state index >= 15 is 0 Å². The Morgan fingerprint density at radius 2 is 2.19 bits per heavy atom. The van der Waals surface area contributed by atoms with Gasteiger partial charge in [-0.25, -0.2) is 0 Å². The molecule has 2 heterocycles.